The molecule has 2 nitrogen and oxygen atoms in total. The maximum Gasteiger partial charge on any atom is 0.385 e. The summed E-state index contributed by atoms with van der Waals surface area (Å²) in [7, 11) is -6.42. The minimum absolute atomic E-state index is 4.02. The Morgan fingerprint density at radius 3 is 1.15 bits per heavy atom. The molecule has 2 atom stereocenters. The average Bonchev–Trinajstić information content (AvgIpc) is 2.05. The van der Waals surface area contributed by atoms with Crippen LogP contribution in [0.5, 0.6) is 0 Å². The number of hydrogen-bond donors (Lipinski definition) is 0. The predicted molar refractivity (Wildman–Crippen MR) is 28.6 cm³/mol. The van der Waals surface area contributed by atoms with E-state index in [1.54, 1.807) is 0 Å². The van der Waals surface area contributed by atoms with Gasteiger partial charge in [-0.15, -0.1) is 0 Å². The number of alkyl halides is 6. The van der Waals surface area contributed by atoms with Gasteiger partial charge < -0.3 is 0 Å². The van der Waals surface area contributed by atoms with E-state index in [0.29, 0.717) is 0 Å². The monoisotopic (exact) mass is 228 g/mol. The molecule has 0 amide bonds. The highest BCUT2D eigenvalue weighted by atomic mass is 32.2. The van der Waals surface area contributed by atoms with E-state index in [4.69, 9.17) is 0 Å². The molecular formula is C4H2F6O2S. The second-order valence-corrected chi connectivity index (χ2v) is 4.53. The minimum Gasteiger partial charge on any atom is -0.236 e. The highest BCUT2D eigenvalue weighted by molar-refractivity contribution is 7.93. The Morgan fingerprint density at radius 2 is 1.08 bits per heavy atom. The van der Waals surface area contributed by atoms with E-state index in [1.807, 2.05) is 0 Å². The lowest BCUT2D eigenvalue weighted by Crippen LogP contribution is -2.36. The van der Waals surface area contributed by atoms with Gasteiger partial charge in [0.25, 0.3) is 9.84 Å². The van der Waals surface area contributed by atoms with Crippen LogP contribution in [0.2, 0.25) is 0 Å². The van der Waals surface area contributed by atoms with E-state index in [9.17, 15) is 34.8 Å². The molecule has 78 valence electrons. The van der Waals surface area contributed by atoms with Gasteiger partial charge in [0.1, 0.15) is 0 Å². The van der Waals surface area contributed by atoms with Crippen LogP contribution < -0.4 is 0 Å². The van der Waals surface area contributed by atoms with E-state index >= 15 is 0 Å². The van der Waals surface area contributed by atoms with Crippen molar-refractivity contribution >= 4 is 9.84 Å². The normalized spacial score (nSPS) is 40.5. The van der Waals surface area contributed by atoms with Crippen molar-refractivity contribution in [1.29, 1.82) is 0 Å². The Kier molecular flexibility index (Phi) is 1.88. The third kappa shape index (κ3) is 0.931. The van der Waals surface area contributed by atoms with Crippen molar-refractivity contribution in [2.75, 3.05) is 0 Å². The summed E-state index contributed by atoms with van der Waals surface area (Å²) in [6.45, 7) is 0. The molecule has 1 rings (SSSR count). The lowest BCUT2D eigenvalue weighted by atomic mass is 10.2. The Balaban J connectivity index is 3.41. The summed E-state index contributed by atoms with van der Waals surface area (Å²) in [5.74, 6) is 0. The molecule has 1 saturated heterocycles. The Bertz CT molecular complexity index is 296. The average molecular weight is 228 g/mol. The van der Waals surface area contributed by atoms with Crippen LogP contribution in [0, 0.1) is 0 Å². The second kappa shape index (κ2) is 2.31. The van der Waals surface area contributed by atoms with Crippen molar-refractivity contribution in [1.82, 2.24) is 0 Å². The smallest absolute Gasteiger partial charge is 0.236 e. The zero-order chi connectivity index (χ0) is 10.7. The van der Waals surface area contributed by atoms with Crippen LogP contribution in [-0.2, 0) is 9.84 Å². The van der Waals surface area contributed by atoms with Crippen LogP contribution in [-0.4, -0.2) is 31.3 Å². The first-order chi connectivity index (χ1) is 5.57. The standard InChI is InChI=1S/C4H2F6O2S/c5-1-2(6)4(9,10)13(11,12)3(1,7)8/h1-2H. The lowest BCUT2D eigenvalue weighted by molar-refractivity contribution is -0.0570. The molecule has 0 aromatic rings. The van der Waals surface area contributed by atoms with Gasteiger partial charge in [-0.3, -0.25) is 0 Å². The Hall–Kier alpha value is -0.470. The van der Waals surface area contributed by atoms with E-state index in [-0.39, 0.29) is 0 Å². The molecule has 1 aliphatic heterocycles. The van der Waals surface area contributed by atoms with Crippen LogP contribution >= 0.6 is 0 Å². The molecule has 1 heterocycles. The molecule has 0 aromatic heterocycles. The molecule has 13 heavy (non-hydrogen) atoms. The van der Waals surface area contributed by atoms with E-state index in [0.717, 1.165) is 0 Å². The van der Waals surface area contributed by atoms with Crippen molar-refractivity contribution in [3.8, 4) is 0 Å². The summed E-state index contributed by atoms with van der Waals surface area (Å²) in [5, 5.41) is -10.7. The van der Waals surface area contributed by atoms with Crippen LogP contribution in [0.3, 0.4) is 0 Å². The van der Waals surface area contributed by atoms with Crippen molar-refractivity contribution < 1.29 is 34.8 Å². The molecule has 1 fully saturated rings. The lowest BCUT2D eigenvalue weighted by Gasteiger charge is -2.10. The van der Waals surface area contributed by atoms with Crippen LogP contribution in [0.25, 0.3) is 0 Å². The summed E-state index contributed by atoms with van der Waals surface area (Å²) < 4.78 is 93.3. The van der Waals surface area contributed by atoms with E-state index < -0.39 is 32.7 Å². The zero-order valence-corrected chi connectivity index (χ0v) is 6.46. The maximum atomic E-state index is 12.2. The molecular weight excluding hydrogens is 226 g/mol. The third-order valence-electron chi connectivity index (χ3n) is 1.62. The van der Waals surface area contributed by atoms with E-state index in [2.05, 4.69) is 0 Å². The quantitative estimate of drug-likeness (QED) is 0.585. The molecule has 1 aliphatic rings. The molecule has 9 heteroatoms. The highest BCUT2D eigenvalue weighted by Gasteiger charge is 2.79. The first-order valence-corrected chi connectivity index (χ1v) is 4.33. The zero-order valence-electron chi connectivity index (χ0n) is 5.65. The van der Waals surface area contributed by atoms with Crippen LogP contribution in [0.4, 0.5) is 26.3 Å². The third-order valence-corrected chi connectivity index (χ3v) is 3.50. The predicted octanol–water partition coefficient (Wildman–Crippen LogP) is 1.28. The van der Waals surface area contributed by atoms with Crippen LogP contribution in [0.1, 0.15) is 0 Å². The number of rotatable bonds is 0. The summed E-state index contributed by atoms with van der Waals surface area (Å²) in [5.41, 5.74) is 0. The minimum atomic E-state index is -6.42. The highest BCUT2D eigenvalue weighted by Crippen LogP contribution is 2.51. The Morgan fingerprint density at radius 1 is 0.846 bits per heavy atom. The van der Waals surface area contributed by atoms with Crippen molar-refractivity contribution in [2.45, 2.75) is 22.9 Å². The summed E-state index contributed by atoms with van der Waals surface area (Å²) in [6, 6.07) is 0. The molecule has 2 unspecified atom stereocenters. The van der Waals surface area contributed by atoms with Gasteiger partial charge in [0, 0.05) is 0 Å². The van der Waals surface area contributed by atoms with Crippen LogP contribution in [0.15, 0.2) is 0 Å². The van der Waals surface area contributed by atoms with Crippen molar-refractivity contribution in [3.05, 3.63) is 0 Å². The Labute approximate surface area is 68.4 Å². The first-order valence-electron chi connectivity index (χ1n) is 2.84. The molecule has 0 aliphatic carbocycles. The molecule has 0 spiro atoms. The van der Waals surface area contributed by atoms with Gasteiger partial charge in [-0.1, -0.05) is 0 Å². The van der Waals surface area contributed by atoms with Gasteiger partial charge in [0.15, 0.2) is 0 Å². The van der Waals surface area contributed by atoms with Crippen molar-refractivity contribution in [2.24, 2.45) is 0 Å². The molecule has 0 radical (unpaired) electrons. The summed E-state index contributed by atoms with van der Waals surface area (Å²) >= 11 is 0. The molecule has 0 saturated carbocycles. The van der Waals surface area contributed by atoms with Crippen molar-refractivity contribution in [3.63, 3.8) is 0 Å². The molecule has 0 aromatic carbocycles. The molecule has 0 bridgehead atoms. The largest absolute Gasteiger partial charge is 0.385 e. The fourth-order valence-corrected chi connectivity index (χ4v) is 2.01. The van der Waals surface area contributed by atoms with Gasteiger partial charge in [-0.25, -0.2) is 17.2 Å². The number of sulfone groups is 1. The summed E-state index contributed by atoms with van der Waals surface area (Å²) in [4.78, 5) is 0. The second-order valence-electron chi connectivity index (χ2n) is 2.43. The number of halogens is 6. The molecule has 0 N–H and O–H groups in total. The van der Waals surface area contributed by atoms with Gasteiger partial charge in [0.05, 0.1) is 0 Å². The van der Waals surface area contributed by atoms with Gasteiger partial charge in [-0.2, -0.15) is 17.6 Å². The first kappa shape index (κ1) is 10.6. The van der Waals surface area contributed by atoms with Gasteiger partial charge in [-0.05, 0) is 0 Å². The SMILES string of the molecule is O=S1(=O)C(F)(F)C(F)C(F)C1(F)F. The van der Waals surface area contributed by atoms with Gasteiger partial charge in [0.2, 0.25) is 12.3 Å². The van der Waals surface area contributed by atoms with E-state index in [1.165, 1.54) is 0 Å². The fraction of sp³-hybridized carbons (Fsp3) is 1.00. The number of hydrogen-bond acceptors (Lipinski definition) is 2. The summed E-state index contributed by atoms with van der Waals surface area (Å²) in [6.07, 6.45) is -8.04. The maximum absolute atomic E-state index is 12.2. The van der Waals surface area contributed by atoms with Gasteiger partial charge >= 0.3 is 10.5 Å². The fourth-order valence-electron chi connectivity index (χ4n) is 0.819. The topological polar surface area (TPSA) is 34.1 Å².